The molecule has 0 spiro atoms. The minimum atomic E-state index is -4.77. The number of ether oxygens (including phenoxy) is 5. The summed E-state index contributed by atoms with van der Waals surface area (Å²) in [5.41, 5.74) is 10.4. The monoisotopic (exact) mass is 1650 g/mol. The summed E-state index contributed by atoms with van der Waals surface area (Å²) >= 11 is 18.3. The Hall–Kier alpha value is -7.50. The zero-order valence-corrected chi connectivity index (χ0v) is 55.0. The Labute approximate surface area is 557 Å². The minimum absolute atomic E-state index is 0.0901. The van der Waals surface area contributed by atoms with Crippen molar-refractivity contribution in [1.82, 2.24) is 15.0 Å². The van der Waals surface area contributed by atoms with Gasteiger partial charge in [-0.2, -0.15) is 10.1 Å². The van der Waals surface area contributed by atoms with Crippen molar-refractivity contribution in [2.24, 2.45) is 4.30 Å². The van der Waals surface area contributed by atoms with Gasteiger partial charge in [0, 0.05) is 76.8 Å². The molecule has 5 aromatic carbocycles. The van der Waals surface area contributed by atoms with E-state index in [4.69, 9.17) is 24.0 Å². The molecule has 17 nitrogen and oxygen atoms in total. The van der Waals surface area contributed by atoms with Gasteiger partial charge in [-0.3, -0.25) is 9.59 Å². The molecule has 0 aliphatic carbocycles. The van der Waals surface area contributed by atoms with Gasteiger partial charge in [-0.1, -0.05) is 15.9 Å². The van der Waals surface area contributed by atoms with E-state index in [0.717, 1.165) is 36.4 Å². The molecule has 3 aromatic heterocycles. The van der Waals surface area contributed by atoms with Crippen LogP contribution in [0.5, 0.6) is 28.7 Å². The van der Waals surface area contributed by atoms with Gasteiger partial charge in [-0.15, -0.1) is 65.9 Å². The number of carbonyl (C=O) groups excluding carboxylic acids is 2. The molecular weight excluding hydrogens is 1620 g/mol. The average Bonchev–Trinajstić information content (AvgIpc) is 1.68. The van der Waals surface area contributed by atoms with E-state index in [-0.39, 0.29) is 34.3 Å². The summed E-state index contributed by atoms with van der Waals surface area (Å²) in [7, 11) is 4.34. The first kappa shape index (κ1) is 82.5. The van der Waals surface area contributed by atoms with E-state index < -0.39 is 43.3 Å². The zero-order valence-electron chi connectivity index (χ0n) is 46.2. The standard InChI is InChI=1S/C11H6Br2F3NO2.C11H7BrF3NO2.C11H8F3NO2.C9H5F3N2O2.C9H7F3O2.C2H3N.BHNS.Br2/c12-5-8-17-10(13)9(18-8)6-1-3-7(4-2-6)19-11(14,15)16;1-6-16-10(12)9(17-6)7-2-4-8(5-3-7)18-11(13,14)15;1-7-15-6-10(16-7)8-2-4-9(5-3-8)17-11(12,13)14;10-9(11,12)16-7-3-1-6(2-4-7)8(15)5-14-13;1-6(13)7-2-4-8(5-3-7)14-9(10,11)12;2*1-2-3;1-2/h1-4H,5H2;2-5H,1H3;2-6H,1H3;1-5H;2-5H,1H3;1H3;3H;. The van der Waals surface area contributed by atoms with E-state index in [2.05, 4.69) is 144 Å². The number of alkyl halides is 16. The Bertz CT molecular complexity index is 3630. The number of carbonyl (C=O) groups is 2. The summed E-state index contributed by atoms with van der Waals surface area (Å²) in [5.74, 6) is 0.432. The molecule has 0 aliphatic heterocycles. The third-order valence-corrected chi connectivity index (χ3v) is 10.7. The van der Waals surface area contributed by atoms with Crippen molar-refractivity contribution < 1.29 is 117 Å². The van der Waals surface area contributed by atoms with Gasteiger partial charge in [0.2, 0.25) is 5.89 Å². The quantitative estimate of drug-likeness (QED) is 0.0175. The summed E-state index contributed by atoms with van der Waals surface area (Å²) in [6.07, 6.45) is -21.4. The number of nitrogens with zero attached hydrogens (tertiary/aromatic N) is 7. The van der Waals surface area contributed by atoms with Crippen molar-refractivity contribution >= 4 is 114 Å². The number of aryl methyl sites for hydroxylation is 2. The van der Waals surface area contributed by atoms with E-state index in [0.29, 0.717) is 78.0 Å². The normalized spacial score (nSPS) is 10.6. The number of rotatable bonds is 12. The topological polar surface area (TPSA) is 231 Å². The Morgan fingerprint density at radius 1 is 0.587 bits per heavy atom. The first-order chi connectivity index (χ1) is 42.8. The van der Waals surface area contributed by atoms with Gasteiger partial charge < -0.3 is 42.5 Å². The molecule has 0 atom stereocenters. The molecule has 92 heavy (non-hydrogen) atoms. The van der Waals surface area contributed by atoms with Crippen molar-refractivity contribution in [3.63, 3.8) is 0 Å². The molecule has 8 rings (SSSR count). The third-order valence-electron chi connectivity index (χ3n) is 9.17. The number of hydrogen-bond donors (Lipinski definition) is 1. The molecule has 0 N–H and O–H groups in total. The smallest absolute Gasteiger partial charge is 0.406 e. The molecule has 493 valence electrons. The second-order valence-electron chi connectivity index (χ2n) is 15.8. The van der Waals surface area contributed by atoms with E-state index >= 15 is 0 Å². The Balaban J connectivity index is 0.000000560. The number of oxazole rings is 3. The number of halogens is 20. The van der Waals surface area contributed by atoms with E-state index in [1.165, 1.54) is 105 Å². The number of benzene rings is 5. The minimum Gasteiger partial charge on any atom is -0.406 e. The third kappa shape index (κ3) is 34.8. The van der Waals surface area contributed by atoms with Gasteiger partial charge in [0.15, 0.2) is 44.1 Å². The maximum atomic E-state index is 12.0. The van der Waals surface area contributed by atoms with Crippen LogP contribution < -0.4 is 23.7 Å². The van der Waals surface area contributed by atoms with Crippen LogP contribution in [0.4, 0.5) is 65.9 Å². The van der Waals surface area contributed by atoms with Crippen LogP contribution in [-0.2, 0) is 5.33 Å². The number of aromatic nitrogens is 3. The molecule has 0 aliphatic rings. The van der Waals surface area contributed by atoms with Crippen LogP contribution in [0.2, 0.25) is 0 Å². The van der Waals surface area contributed by atoms with Crippen LogP contribution in [0, 0.1) is 25.2 Å². The number of thiol groups is 1. The molecule has 0 saturated carbocycles. The van der Waals surface area contributed by atoms with E-state index in [1.54, 1.807) is 19.9 Å². The Morgan fingerprint density at radius 2 is 0.891 bits per heavy atom. The molecule has 0 unspecified atom stereocenters. The van der Waals surface area contributed by atoms with Gasteiger partial charge in [0.05, 0.1) is 17.6 Å². The molecule has 3 heterocycles. The number of nitriles is 1. The number of ketones is 2. The predicted molar refractivity (Wildman–Crippen MR) is 320 cm³/mol. The molecule has 0 saturated heterocycles. The second-order valence-corrected chi connectivity index (χ2v) is 18.1. The molecule has 39 heteroatoms. The Kier molecular flexibility index (Phi) is 35.7. The molecule has 0 fully saturated rings. The van der Waals surface area contributed by atoms with Crippen molar-refractivity contribution in [1.29, 1.82) is 5.26 Å². The van der Waals surface area contributed by atoms with Crippen LogP contribution in [0.25, 0.3) is 39.5 Å². The Morgan fingerprint density at radius 3 is 1.15 bits per heavy atom. The summed E-state index contributed by atoms with van der Waals surface area (Å²) in [5, 5.41) is 7.76. The van der Waals surface area contributed by atoms with Crippen molar-refractivity contribution in [2.75, 3.05) is 0 Å². The van der Waals surface area contributed by atoms with Crippen LogP contribution >= 0.6 is 88.9 Å². The summed E-state index contributed by atoms with van der Waals surface area (Å²) in [6.45, 7) is 6.12. The zero-order chi connectivity index (χ0) is 70.2. The molecule has 1 radical (unpaired) electrons. The van der Waals surface area contributed by atoms with Crippen molar-refractivity contribution in [2.45, 2.75) is 64.8 Å². The van der Waals surface area contributed by atoms with Gasteiger partial charge in [-0.05, 0) is 160 Å². The van der Waals surface area contributed by atoms with E-state index in [9.17, 15) is 75.4 Å². The van der Waals surface area contributed by atoms with Crippen LogP contribution in [0.3, 0.4) is 0 Å². The molecule has 0 bridgehead atoms. The maximum Gasteiger partial charge on any atom is 0.573 e. The fourth-order valence-electron chi connectivity index (χ4n) is 5.93. The summed E-state index contributed by atoms with van der Waals surface area (Å²) < 4.78 is 216. The van der Waals surface area contributed by atoms with Gasteiger partial charge in [-0.25, -0.2) is 15.0 Å². The van der Waals surface area contributed by atoms with Crippen LogP contribution in [0.1, 0.15) is 52.2 Å². The molecule has 0 amide bonds. The summed E-state index contributed by atoms with van der Waals surface area (Å²) in [4.78, 5) is 36.3. The van der Waals surface area contributed by atoms with E-state index in [1.807, 2.05) is 0 Å². The number of Topliss-reactive ketones (excluding diaryl/α,β-unsaturated/α-hetero) is 2. The SMILES string of the molecule is BrBr.CC#N.CC(=O)c1ccc(OC(F)(F)F)cc1.Cc1nc(Br)c(-c2ccc(OC(F)(F)F)cc2)o1.Cc1ncc(-c2ccc(OC(F)(F)F)cc2)o1.FC(F)(F)Oc1ccc(-c2oc(CBr)nc2Br)cc1.[B]=NS.[N-]=[N+]=CC(=O)c1ccc(OC(F)(F)F)cc1. The summed E-state index contributed by atoms with van der Waals surface area (Å²) in [6, 6.07) is 26.9. The molecule has 8 aromatic rings. The largest absolute Gasteiger partial charge is 0.573 e. The fourth-order valence-corrected chi connectivity index (χ4v) is 7.24. The van der Waals surface area contributed by atoms with Crippen molar-refractivity contribution in [3.8, 4) is 68.8 Å². The van der Waals surface area contributed by atoms with Gasteiger partial charge in [0.1, 0.15) is 28.7 Å². The molecular formula is C53H37BBr5F15N7O10S. The van der Waals surface area contributed by atoms with Gasteiger partial charge in [0.25, 0.3) is 5.78 Å². The first-order valence-electron chi connectivity index (χ1n) is 23.6. The number of hydrogen-bond acceptors (Lipinski definition) is 16. The van der Waals surface area contributed by atoms with Gasteiger partial charge >= 0.3 is 62.8 Å². The average molecular weight is 1660 g/mol. The fraction of sp³-hybridized carbons (Fsp3) is 0.189. The first-order valence-corrected chi connectivity index (χ1v) is 30.4. The van der Waals surface area contributed by atoms with Crippen LogP contribution in [-0.4, -0.2) is 77.0 Å². The van der Waals surface area contributed by atoms with Crippen molar-refractivity contribution in [3.05, 3.63) is 171 Å². The maximum absolute atomic E-state index is 12.0. The van der Waals surface area contributed by atoms with Crippen LogP contribution in [0.15, 0.2) is 154 Å². The second kappa shape index (κ2) is 39.8. The predicted octanol–water partition coefficient (Wildman–Crippen LogP) is 20.0.